The van der Waals surface area contributed by atoms with Crippen molar-refractivity contribution >= 4 is 29.4 Å². The summed E-state index contributed by atoms with van der Waals surface area (Å²) in [6.45, 7) is 3.50. The molecule has 3 heterocycles. The Morgan fingerprint density at radius 1 is 1.31 bits per heavy atom. The Kier molecular flexibility index (Phi) is 8.03. The highest BCUT2D eigenvalue weighted by Gasteiger charge is 2.37. The molecule has 2 aliphatic heterocycles. The second kappa shape index (κ2) is 11.2. The fourth-order valence-electron chi connectivity index (χ4n) is 4.47. The van der Waals surface area contributed by atoms with Crippen LogP contribution >= 0.6 is 11.6 Å². The van der Waals surface area contributed by atoms with Crippen LogP contribution in [0.4, 0.5) is 15.0 Å². The monoisotopic (exact) mass is 520 g/mol. The lowest BCUT2D eigenvalue weighted by Crippen LogP contribution is -2.37. The zero-order valence-corrected chi connectivity index (χ0v) is 21.4. The number of pyridine rings is 1. The molecule has 0 aliphatic carbocycles. The molecular formula is C25H30ClFN4O5. The third-order valence-corrected chi connectivity index (χ3v) is 6.69. The number of halogens is 2. The van der Waals surface area contributed by atoms with E-state index in [2.05, 4.69) is 10.3 Å². The van der Waals surface area contributed by atoms with Crippen LogP contribution in [0.2, 0.25) is 5.15 Å². The number of carbonyl (C=O) groups is 2. The minimum absolute atomic E-state index is 0.0361. The number of amides is 2. The summed E-state index contributed by atoms with van der Waals surface area (Å²) < 4.78 is 31.4. The zero-order valence-electron chi connectivity index (χ0n) is 20.6. The van der Waals surface area contributed by atoms with E-state index in [-0.39, 0.29) is 47.1 Å². The van der Waals surface area contributed by atoms with Crippen LogP contribution in [-0.4, -0.2) is 61.8 Å². The van der Waals surface area contributed by atoms with Crippen molar-refractivity contribution in [2.75, 3.05) is 38.8 Å². The maximum Gasteiger partial charge on any atom is 0.407 e. The Morgan fingerprint density at radius 3 is 2.83 bits per heavy atom. The second-order valence-corrected chi connectivity index (χ2v) is 9.16. The lowest BCUT2D eigenvalue weighted by Gasteiger charge is -2.20. The maximum atomic E-state index is 15.6. The highest BCUT2D eigenvalue weighted by Crippen LogP contribution is 2.37. The Hall–Kier alpha value is -3.27. The third kappa shape index (κ3) is 5.28. The number of nitrogens with one attached hydrogen (secondary N) is 1. The van der Waals surface area contributed by atoms with Gasteiger partial charge in [0.2, 0.25) is 0 Å². The molecule has 1 unspecified atom stereocenters. The van der Waals surface area contributed by atoms with Crippen LogP contribution in [0.25, 0.3) is 0 Å². The van der Waals surface area contributed by atoms with Crippen molar-refractivity contribution in [3.05, 3.63) is 45.9 Å². The van der Waals surface area contributed by atoms with Gasteiger partial charge in [-0.25, -0.2) is 14.2 Å². The highest BCUT2D eigenvalue weighted by atomic mass is 35.5. The first-order valence-corrected chi connectivity index (χ1v) is 12.3. The Labute approximate surface area is 214 Å². The molecule has 1 atom stereocenters. The predicted octanol–water partition coefficient (Wildman–Crippen LogP) is 4.15. The lowest BCUT2D eigenvalue weighted by molar-refractivity contribution is 0.0765. The van der Waals surface area contributed by atoms with Gasteiger partial charge in [-0.15, -0.1) is 0 Å². The number of fused-ring (bicyclic) bond motifs is 1. The molecule has 1 saturated heterocycles. The molecule has 9 nitrogen and oxygen atoms in total. The number of anilines is 1. The van der Waals surface area contributed by atoms with E-state index in [1.807, 2.05) is 6.92 Å². The maximum absolute atomic E-state index is 15.6. The number of alkyl carbamates (subject to hydrolysis) is 1. The van der Waals surface area contributed by atoms with Crippen LogP contribution in [-0.2, 0) is 17.8 Å². The molecule has 2 aliphatic rings. The molecule has 1 N–H and O–H groups in total. The summed E-state index contributed by atoms with van der Waals surface area (Å²) in [5.41, 5.74) is 1.06. The van der Waals surface area contributed by atoms with E-state index in [4.69, 9.17) is 25.8 Å². The molecule has 0 saturated carbocycles. The van der Waals surface area contributed by atoms with Gasteiger partial charge in [-0.05, 0) is 25.0 Å². The van der Waals surface area contributed by atoms with Crippen molar-refractivity contribution in [1.29, 1.82) is 0 Å². The van der Waals surface area contributed by atoms with E-state index in [0.29, 0.717) is 37.6 Å². The van der Waals surface area contributed by atoms with Crippen LogP contribution in [0, 0.1) is 5.82 Å². The van der Waals surface area contributed by atoms with Crippen molar-refractivity contribution in [3.8, 4) is 11.5 Å². The van der Waals surface area contributed by atoms with E-state index < -0.39 is 11.9 Å². The number of unbranched alkanes of at least 4 members (excludes halogenated alkanes) is 1. The number of rotatable bonds is 9. The van der Waals surface area contributed by atoms with Gasteiger partial charge in [0.15, 0.2) is 11.6 Å². The number of carbonyl (C=O) groups excluding carboxylic acids is 2. The number of ether oxygens (including phenoxy) is 3. The summed E-state index contributed by atoms with van der Waals surface area (Å²) >= 11 is 6.40. The summed E-state index contributed by atoms with van der Waals surface area (Å²) in [4.78, 5) is 32.6. The largest absolute Gasteiger partial charge is 0.497 e. The van der Waals surface area contributed by atoms with E-state index in [1.54, 1.807) is 30.2 Å². The summed E-state index contributed by atoms with van der Waals surface area (Å²) in [5, 5.41) is 2.78. The van der Waals surface area contributed by atoms with Gasteiger partial charge in [0.1, 0.15) is 16.7 Å². The normalized spacial score (nSPS) is 16.8. The topological polar surface area (TPSA) is 93.2 Å². The van der Waals surface area contributed by atoms with Gasteiger partial charge in [-0.3, -0.25) is 4.79 Å². The van der Waals surface area contributed by atoms with Crippen molar-refractivity contribution < 1.29 is 28.2 Å². The SMILES string of the molecule is CCCCOC(=O)NC1CCN(c2nc(Cl)c3c(c2F)CN(Cc2ccc(OC)cc2OC)C3=O)C1. The standard InChI is InChI=1S/C25H30ClFN4O5/c1-4-5-10-36-25(33)28-16-8-9-30(13-16)23-21(27)18-14-31(24(32)20(18)22(26)29-23)12-15-6-7-17(34-2)11-19(15)35-3/h6-7,11,16H,4-5,8-10,12-14H2,1-3H3,(H,28,33). The van der Waals surface area contributed by atoms with E-state index >= 15 is 4.39 Å². The summed E-state index contributed by atoms with van der Waals surface area (Å²) in [7, 11) is 3.09. The van der Waals surface area contributed by atoms with Crippen LogP contribution in [0.15, 0.2) is 18.2 Å². The fraction of sp³-hybridized carbons (Fsp3) is 0.480. The van der Waals surface area contributed by atoms with Gasteiger partial charge in [0.05, 0.1) is 39.0 Å². The molecule has 2 aromatic rings. The Bertz CT molecular complexity index is 1150. The Balaban J connectivity index is 1.48. The molecule has 1 aromatic heterocycles. The lowest BCUT2D eigenvalue weighted by atomic mass is 10.1. The van der Waals surface area contributed by atoms with Gasteiger partial charge in [0, 0.05) is 36.8 Å². The summed E-state index contributed by atoms with van der Waals surface area (Å²) in [5.74, 6) is 0.313. The minimum atomic E-state index is -0.571. The first kappa shape index (κ1) is 25.8. The first-order chi connectivity index (χ1) is 17.4. The molecule has 1 fully saturated rings. The molecule has 1 aromatic carbocycles. The number of aromatic nitrogens is 1. The van der Waals surface area contributed by atoms with Gasteiger partial charge >= 0.3 is 6.09 Å². The second-order valence-electron chi connectivity index (χ2n) is 8.80. The number of hydrogen-bond acceptors (Lipinski definition) is 7. The van der Waals surface area contributed by atoms with Crippen LogP contribution < -0.4 is 19.7 Å². The van der Waals surface area contributed by atoms with Gasteiger partial charge < -0.3 is 29.3 Å². The fourth-order valence-corrected chi connectivity index (χ4v) is 4.74. The smallest absolute Gasteiger partial charge is 0.407 e. The quantitative estimate of drug-likeness (QED) is 0.392. The molecule has 0 bridgehead atoms. The average Bonchev–Trinajstić information content (AvgIpc) is 3.46. The van der Waals surface area contributed by atoms with Gasteiger partial charge in [0.25, 0.3) is 5.91 Å². The molecular weight excluding hydrogens is 491 g/mol. The molecule has 36 heavy (non-hydrogen) atoms. The highest BCUT2D eigenvalue weighted by molar-refractivity contribution is 6.33. The predicted molar refractivity (Wildman–Crippen MR) is 132 cm³/mol. The van der Waals surface area contributed by atoms with Gasteiger partial charge in [-0.1, -0.05) is 24.9 Å². The average molecular weight is 521 g/mol. The van der Waals surface area contributed by atoms with Crippen LogP contribution in [0.3, 0.4) is 0 Å². The molecule has 194 valence electrons. The summed E-state index contributed by atoms with van der Waals surface area (Å²) in [6.07, 6.45) is 1.86. The van der Waals surface area contributed by atoms with E-state index in [9.17, 15) is 9.59 Å². The Morgan fingerprint density at radius 2 is 2.11 bits per heavy atom. The van der Waals surface area contributed by atoms with Crippen LogP contribution in [0.5, 0.6) is 11.5 Å². The van der Waals surface area contributed by atoms with Crippen molar-refractivity contribution in [2.45, 2.75) is 45.3 Å². The first-order valence-electron chi connectivity index (χ1n) is 11.9. The minimum Gasteiger partial charge on any atom is -0.497 e. The number of benzene rings is 1. The van der Waals surface area contributed by atoms with E-state index in [1.165, 1.54) is 12.0 Å². The molecule has 0 spiro atoms. The molecule has 0 radical (unpaired) electrons. The molecule has 2 amide bonds. The number of hydrogen-bond donors (Lipinski definition) is 1. The third-order valence-electron chi connectivity index (χ3n) is 6.42. The molecule has 11 heteroatoms. The zero-order chi connectivity index (χ0) is 25.8. The van der Waals surface area contributed by atoms with Crippen molar-refractivity contribution in [1.82, 2.24) is 15.2 Å². The van der Waals surface area contributed by atoms with Crippen LogP contribution in [0.1, 0.15) is 47.7 Å². The van der Waals surface area contributed by atoms with Crippen molar-refractivity contribution in [2.24, 2.45) is 0 Å². The number of nitrogens with zero attached hydrogens (tertiary/aromatic N) is 3. The van der Waals surface area contributed by atoms with Crippen molar-refractivity contribution in [3.63, 3.8) is 0 Å². The molecule has 4 rings (SSSR count). The van der Waals surface area contributed by atoms with E-state index in [0.717, 1.165) is 18.4 Å². The summed E-state index contributed by atoms with van der Waals surface area (Å²) in [6, 6.07) is 5.11. The number of methoxy groups -OCH3 is 2. The van der Waals surface area contributed by atoms with Gasteiger partial charge in [-0.2, -0.15) is 0 Å².